The zero-order valence-electron chi connectivity index (χ0n) is 14.2. The van der Waals surface area contributed by atoms with Gasteiger partial charge in [-0.1, -0.05) is 31.0 Å². The zero-order valence-corrected chi connectivity index (χ0v) is 14.2. The molecule has 5 heteroatoms. The molecule has 0 spiro atoms. The first-order chi connectivity index (χ1) is 11.5. The largest absolute Gasteiger partial charge is 0.393 e. The number of Topliss-reactive ketones (excluding diaryl/α,β-unsaturated/α-hetero) is 1. The fourth-order valence-electron chi connectivity index (χ4n) is 3.65. The van der Waals surface area contributed by atoms with Crippen molar-refractivity contribution in [1.29, 1.82) is 0 Å². The molecule has 1 amide bonds. The van der Waals surface area contributed by atoms with Gasteiger partial charge >= 0.3 is 0 Å². The number of nitrogens with zero attached hydrogens (tertiary/aromatic N) is 1. The SMILES string of the molecule is CC(=O)c1[nH]c2ccccc2c1C(=O)N(C)CC1CCCCC1O. The monoisotopic (exact) mass is 328 g/mol. The molecule has 1 saturated carbocycles. The lowest BCUT2D eigenvalue weighted by atomic mass is 9.86. The molecule has 5 nitrogen and oxygen atoms in total. The first-order valence-corrected chi connectivity index (χ1v) is 8.54. The molecular weight excluding hydrogens is 304 g/mol. The number of aliphatic hydroxyl groups is 1. The Kier molecular flexibility index (Phi) is 4.71. The van der Waals surface area contributed by atoms with Crippen LogP contribution in [0.3, 0.4) is 0 Å². The number of amides is 1. The molecular formula is C19H24N2O3. The highest BCUT2D eigenvalue weighted by Gasteiger charge is 2.28. The Morgan fingerprint density at radius 2 is 1.96 bits per heavy atom. The predicted molar refractivity (Wildman–Crippen MR) is 93.2 cm³/mol. The third-order valence-electron chi connectivity index (χ3n) is 5.00. The minimum absolute atomic E-state index is 0.110. The van der Waals surface area contributed by atoms with E-state index in [9.17, 15) is 14.7 Å². The van der Waals surface area contributed by atoms with Crippen molar-refractivity contribution >= 4 is 22.6 Å². The number of hydrogen-bond acceptors (Lipinski definition) is 3. The summed E-state index contributed by atoms with van der Waals surface area (Å²) in [4.78, 5) is 29.7. The molecule has 0 bridgehead atoms. The average Bonchev–Trinajstić information content (AvgIpc) is 2.96. The van der Waals surface area contributed by atoms with E-state index in [1.54, 1.807) is 11.9 Å². The van der Waals surface area contributed by atoms with Crippen LogP contribution in [-0.2, 0) is 0 Å². The Bertz CT molecular complexity index is 765. The minimum atomic E-state index is -0.343. The number of hydrogen-bond donors (Lipinski definition) is 2. The van der Waals surface area contributed by atoms with E-state index < -0.39 is 0 Å². The fraction of sp³-hybridized carbons (Fsp3) is 0.474. The minimum Gasteiger partial charge on any atom is -0.393 e. The molecule has 3 rings (SSSR count). The van der Waals surface area contributed by atoms with Crippen LogP contribution < -0.4 is 0 Å². The third-order valence-corrected chi connectivity index (χ3v) is 5.00. The number of fused-ring (bicyclic) bond motifs is 1. The molecule has 1 heterocycles. The van der Waals surface area contributed by atoms with Crippen LogP contribution in [0.2, 0.25) is 0 Å². The van der Waals surface area contributed by atoms with Gasteiger partial charge < -0.3 is 15.0 Å². The summed E-state index contributed by atoms with van der Waals surface area (Å²) in [7, 11) is 1.75. The number of carbonyl (C=O) groups excluding carboxylic acids is 2. The summed E-state index contributed by atoms with van der Waals surface area (Å²) in [6.45, 7) is 1.98. The van der Waals surface area contributed by atoms with Crippen LogP contribution >= 0.6 is 0 Å². The Morgan fingerprint density at radius 3 is 2.67 bits per heavy atom. The van der Waals surface area contributed by atoms with Gasteiger partial charge in [0.05, 0.1) is 17.4 Å². The van der Waals surface area contributed by atoms with Gasteiger partial charge in [-0.3, -0.25) is 9.59 Å². The summed E-state index contributed by atoms with van der Waals surface area (Å²) < 4.78 is 0. The van der Waals surface area contributed by atoms with E-state index in [1.165, 1.54) is 6.92 Å². The van der Waals surface area contributed by atoms with Crippen molar-refractivity contribution in [3.05, 3.63) is 35.5 Å². The zero-order chi connectivity index (χ0) is 17.3. The van der Waals surface area contributed by atoms with Crippen LogP contribution in [0.5, 0.6) is 0 Å². The van der Waals surface area contributed by atoms with Gasteiger partial charge in [0.25, 0.3) is 5.91 Å². The first kappa shape index (κ1) is 16.7. The Labute approximate surface area is 141 Å². The van der Waals surface area contributed by atoms with E-state index in [0.29, 0.717) is 17.8 Å². The molecule has 1 fully saturated rings. The maximum Gasteiger partial charge on any atom is 0.256 e. The Hall–Kier alpha value is -2.14. The molecule has 2 aromatic rings. The first-order valence-electron chi connectivity index (χ1n) is 8.54. The lowest BCUT2D eigenvalue weighted by Crippen LogP contribution is -2.38. The second-order valence-corrected chi connectivity index (χ2v) is 6.77. The lowest BCUT2D eigenvalue weighted by molar-refractivity contribution is 0.0451. The fourth-order valence-corrected chi connectivity index (χ4v) is 3.65. The van der Waals surface area contributed by atoms with E-state index in [-0.39, 0.29) is 23.7 Å². The number of ketones is 1. The standard InChI is InChI=1S/C19H24N2O3/c1-12(22)18-17(14-8-4-5-9-15(14)20-18)19(24)21(2)11-13-7-3-6-10-16(13)23/h4-5,8-9,13,16,20,23H,3,6-7,10-11H2,1-2H3. The maximum absolute atomic E-state index is 13.0. The topological polar surface area (TPSA) is 73.4 Å². The van der Waals surface area contributed by atoms with Crippen molar-refractivity contribution in [2.45, 2.75) is 38.7 Å². The number of benzene rings is 1. The molecule has 0 radical (unpaired) electrons. The molecule has 24 heavy (non-hydrogen) atoms. The van der Waals surface area contributed by atoms with Crippen molar-refractivity contribution in [1.82, 2.24) is 9.88 Å². The van der Waals surface area contributed by atoms with E-state index in [4.69, 9.17) is 0 Å². The van der Waals surface area contributed by atoms with E-state index in [2.05, 4.69) is 4.98 Å². The quantitative estimate of drug-likeness (QED) is 0.847. The number of carbonyl (C=O) groups is 2. The highest BCUT2D eigenvalue weighted by molar-refractivity contribution is 6.15. The maximum atomic E-state index is 13.0. The second kappa shape index (κ2) is 6.77. The normalized spacial score (nSPS) is 21.0. The van der Waals surface area contributed by atoms with Gasteiger partial charge in [-0.15, -0.1) is 0 Å². The molecule has 1 aromatic heterocycles. The van der Waals surface area contributed by atoms with Crippen molar-refractivity contribution in [2.24, 2.45) is 5.92 Å². The van der Waals surface area contributed by atoms with Gasteiger partial charge in [0.15, 0.2) is 5.78 Å². The van der Waals surface area contributed by atoms with Gasteiger partial charge in [-0.05, 0) is 18.9 Å². The molecule has 2 N–H and O–H groups in total. The Balaban J connectivity index is 1.90. The number of para-hydroxylation sites is 1. The summed E-state index contributed by atoms with van der Waals surface area (Å²) >= 11 is 0. The van der Waals surface area contributed by atoms with Crippen LogP contribution in [0.4, 0.5) is 0 Å². The van der Waals surface area contributed by atoms with Crippen LogP contribution in [0.1, 0.15) is 53.5 Å². The summed E-state index contributed by atoms with van der Waals surface area (Å²) in [5.41, 5.74) is 1.58. The molecule has 2 atom stereocenters. The van der Waals surface area contributed by atoms with Crippen LogP contribution in [0, 0.1) is 5.92 Å². The van der Waals surface area contributed by atoms with Crippen LogP contribution in [0.15, 0.2) is 24.3 Å². The molecule has 0 saturated heterocycles. The number of aliphatic hydroxyl groups excluding tert-OH is 1. The number of aromatic nitrogens is 1. The van der Waals surface area contributed by atoms with E-state index >= 15 is 0 Å². The summed E-state index contributed by atoms with van der Waals surface area (Å²) in [6.07, 6.45) is 3.54. The van der Waals surface area contributed by atoms with E-state index in [1.807, 2.05) is 24.3 Å². The summed E-state index contributed by atoms with van der Waals surface area (Å²) in [5, 5.41) is 10.9. The number of rotatable bonds is 4. The van der Waals surface area contributed by atoms with Gasteiger partial charge in [0.2, 0.25) is 0 Å². The van der Waals surface area contributed by atoms with Crippen molar-refractivity contribution in [3.63, 3.8) is 0 Å². The number of H-pyrrole nitrogens is 1. The number of aromatic amines is 1. The summed E-state index contributed by atoms with van der Waals surface area (Å²) in [5.74, 6) is -0.213. The summed E-state index contributed by atoms with van der Waals surface area (Å²) in [6, 6.07) is 7.46. The lowest BCUT2D eigenvalue weighted by Gasteiger charge is -2.31. The molecule has 0 aliphatic heterocycles. The van der Waals surface area contributed by atoms with Gasteiger partial charge in [0, 0.05) is 37.3 Å². The third kappa shape index (κ3) is 3.08. The second-order valence-electron chi connectivity index (χ2n) is 6.77. The van der Waals surface area contributed by atoms with Gasteiger partial charge in [0.1, 0.15) is 0 Å². The predicted octanol–water partition coefficient (Wildman–Crippen LogP) is 2.99. The van der Waals surface area contributed by atoms with Crippen LogP contribution in [-0.4, -0.2) is 46.4 Å². The van der Waals surface area contributed by atoms with E-state index in [0.717, 1.165) is 36.6 Å². The van der Waals surface area contributed by atoms with Gasteiger partial charge in [-0.2, -0.15) is 0 Å². The highest BCUT2D eigenvalue weighted by Crippen LogP contribution is 2.27. The average molecular weight is 328 g/mol. The van der Waals surface area contributed by atoms with Crippen LogP contribution in [0.25, 0.3) is 10.9 Å². The Morgan fingerprint density at radius 1 is 1.25 bits per heavy atom. The molecule has 1 aliphatic rings. The van der Waals surface area contributed by atoms with Crippen molar-refractivity contribution in [3.8, 4) is 0 Å². The molecule has 1 aliphatic carbocycles. The van der Waals surface area contributed by atoms with Crippen molar-refractivity contribution in [2.75, 3.05) is 13.6 Å². The molecule has 2 unspecified atom stereocenters. The molecule has 1 aromatic carbocycles. The van der Waals surface area contributed by atoms with Gasteiger partial charge in [-0.25, -0.2) is 0 Å². The highest BCUT2D eigenvalue weighted by atomic mass is 16.3. The smallest absolute Gasteiger partial charge is 0.256 e. The number of nitrogens with one attached hydrogen (secondary N) is 1. The van der Waals surface area contributed by atoms with Crippen molar-refractivity contribution < 1.29 is 14.7 Å². The molecule has 128 valence electrons.